The molecule has 2 amide bonds. The number of nitrogens with zero attached hydrogens (tertiary/aromatic N) is 6. The summed E-state index contributed by atoms with van der Waals surface area (Å²) in [4.78, 5) is 41.3. The monoisotopic (exact) mass is 772 g/mol. The Morgan fingerprint density at radius 2 is 1.23 bits per heavy atom. The third kappa shape index (κ3) is 8.92. The fourth-order valence-electron chi connectivity index (χ4n) is 5.83. The molecule has 6 aromatic rings. The Hall–Kier alpha value is -6.43. The summed E-state index contributed by atoms with van der Waals surface area (Å²) in [6.07, 6.45) is 7.82. The number of aliphatic hydroxyl groups is 1. The predicted molar refractivity (Wildman–Crippen MR) is 200 cm³/mol. The number of carbonyl (C=O) groups is 2. The summed E-state index contributed by atoms with van der Waals surface area (Å²) in [5, 5.41) is 41.5. The van der Waals surface area contributed by atoms with Crippen LogP contribution in [0, 0.1) is 0 Å². The number of phenols is 2. The molecule has 4 aromatic heterocycles. The highest BCUT2D eigenvalue weighted by Crippen LogP contribution is 2.31. The van der Waals surface area contributed by atoms with Crippen LogP contribution in [0.3, 0.4) is 0 Å². The van der Waals surface area contributed by atoms with Crippen LogP contribution >= 0.6 is 0 Å². The first-order valence-electron chi connectivity index (χ1n) is 18.0. The highest BCUT2D eigenvalue weighted by atomic mass is 19.4. The highest BCUT2D eigenvalue weighted by molar-refractivity contribution is 5.98. The zero-order chi connectivity index (χ0) is 39.6. The van der Waals surface area contributed by atoms with Crippen molar-refractivity contribution in [3.05, 3.63) is 84.7 Å². The minimum atomic E-state index is -4.26. The molecule has 0 saturated heterocycles. The van der Waals surface area contributed by atoms with Gasteiger partial charge in [-0.2, -0.15) is 13.2 Å². The van der Waals surface area contributed by atoms with Gasteiger partial charge in [0.05, 0.1) is 47.4 Å². The number of phenolic OH excluding ortho intramolecular Hbond substituents is 2. The summed E-state index contributed by atoms with van der Waals surface area (Å²) in [5.74, 6) is -0.0132. The number of anilines is 2. The van der Waals surface area contributed by atoms with Crippen molar-refractivity contribution in [2.45, 2.75) is 63.4 Å². The number of hydrogen-bond acceptors (Lipinski definition) is 11. The molecule has 18 heteroatoms. The zero-order valence-corrected chi connectivity index (χ0v) is 30.1. The molecule has 0 radical (unpaired) electrons. The Morgan fingerprint density at radius 1 is 0.768 bits per heavy atom. The summed E-state index contributed by atoms with van der Waals surface area (Å²) in [6.45, 7) is 1.73. The van der Waals surface area contributed by atoms with Crippen molar-refractivity contribution in [3.63, 3.8) is 0 Å². The van der Waals surface area contributed by atoms with E-state index in [2.05, 4.69) is 41.2 Å². The fraction of sp³-hybridized carbons (Fsp3) is 0.316. The van der Waals surface area contributed by atoms with Crippen molar-refractivity contribution >= 4 is 34.7 Å². The minimum Gasteiger partial charge on any atom is -0.507 e. The lowest BCUT2D eigenvalue weighted by molar-refractivity contribution is -0.131. The molecule has 2 fully saturated rings. The number of nitrogens with one attached hydrogen (secondary N) is 4. The number of rotatable bonds is 12. The fourth-order valence-corrected chi connectivity index (χ4v) is 5.83. The van der Waals surface area contributed by atoms with Gasteiger partial charge in [0, 0.05) is 61.1 Å². The van der Waals surface area contributed by atoms with Gasteiger partial charge in [-0.1, -0.05) is 12.1 Å². The first kappa shape index (κ1) is 37.9. The van der Waals surface area contributed by atoms with E-state index in [4.69, 9.17) is 0 Å². The van der Waals surface area contributed by atoms with E-state index in [-0.39, 0.29) is 58.9 Å². The van der Waals surface area contributed by atoms with Crippen molar-refractivity contribution in [2.24, 2.45) is 0 Å². The van der Waals surface area contributed by atoms with Crippen LogP contribution in [0.4, 0.5) is 24.8 Å². The maximum Gasteiger partial charge on any atom is 0.390 e. The number of benzene rings is 2. The van der Waals surface area contributed by atoms with Gasteiger partial charge in [-0.3, -0.25) is 18.4 Å². The van der Waals surface area contributed by atoms with Crippen LogP contribution in [0.1, 0.15) is 59.7 Å². The van der Waals surface area contributed by atoms with E-state index in [0.717, 1.165) is 36.9 Å². The lowest BCUT2D eigenvalue weighted by Crippen LogP contribution is -2.25. The molecule has 56 heavy (non-hydrogen) atoms. The number of alkyl halides is 3. The Morgan fingerprint density at radius 3 is 1.64 bits per heavy atom. The van der Waals surface area contributed by atoms with Crippen LogP contribution in [-0.4, -0.2) is 93.3 Å². The maximum atomic E-state index is 12.4. The molecule has 292 valence electrons. The Labute approximate surface area is 317 Å². The van der Waals surface area contributed by atoms with E-state index in [1.165, 1.54) is 24.5 Å². The molecule has 4 heterocycles. The van der Waals surface area contributed by atoms with E-state index in [1.807, 2.05) is 4.40 Å². The summed E-state index contributed by atoms with van der Waals surface area (Å²) in [6, 6.07) is 10.1. The first-order chi connectivity index (χ1) is 26.8. The molecular formula is C38H39F3N10O5. The van der Waals surface area contributed by atoms with Gasteiger partial charge in [-0.25, -0.2) is 19.9 Å². The molecule has 15 nitrogen and oxygen atoms in total. The second-order valence-corrected chi connectivity index (χ2v) is 13.7. The smallest absolute Gasteiger partial charge is 0.390 e. The molecule has 1 atom stereocenters. The molecule has 8 rings (SSSR count). The molecule has 2 aliphatic rings. The Balaban J connectivity index is 0.000000172. The summed E-state index contributed by atoms with van der Waals surface area (Å²) < 4.78 is 40.6. The topological polar surface area (TPSA) is 203 Å². The molecule has 0 bridgehead atoms. The number of hydrogen-bond donors (Lipinski definition) is 7. The van der Waals surface area contributed by atoms with Crippen molar-refractivity contribution in [2.75, 3.05) is 23.7 Å². The number of halogens is 3. The van der Waals surface area contributed by atoms with Gasteiger partial charge in [-0.05, 0) is 56.9 Å². The molecule has 1 unspecified atom stereocenters. The SMILES string of the molecule is CC(O)CNc1nccn2c(-c3ccc(C(=O)NC4CC4)c(O)c3)cnc12.O=C(NC1CC1)c1ccc(-c2cnc3c(NCCC(F)(F)F)nccn23)cc1O. The van der Waals surface area contributed by atoms with Gasteiger partial charge in [-0.15, -0.1) is 0 Å². The van der Waals surface area contributed by atoms with Gasteiger partial charge in [0.15, 0.2) is 22.9 Å². The third-order valence-corrected chi connectivity index (χ3v) is 9.02. The second kappa shape index (κ2) is 15.7. The zero-order valence-electron chi connectivity index (χ0n) is 30.1. The number of aromatic hydroxyl groups is 2. The minimum absolute atomic E-state index is 0.0675. The van der Waals surface area contributed by atoms with Gasteiger partial charge < -0.3 is 36.6 Å². The summed E-state index contributed by atoms with van der Waals surface area (Å²) in [5.41, 5.74) is 4.12. The van der Waals surface area contributed by atoms with E-state index in [0.29, 0.717) is 34.9 Å². The summed E-state index contributed by atoms with van der Waals surface area (Å²) in [7, 11) is 0. The number of aromatic nitrogens is 6. The van der Waals surface area contributed by atoms with Gasteiger partial charge >= 0.3 is 6.18 Å². The van der Waals surface area contributed by atoms with E-state index < -0.39 is 18.7 Å². The lowest BCUT2D eigenvalue weighted by atomic mass is 10.1. The van der Waals surface area contributed by atoms with Crippen LogP contribution in [0.2, 0.25) is 0 Å². The van der Waals surface area contributed by atoms with Crippen LogP contribution < -0.4 is 21.3 Å². The summed E-state index contributed by atoms with van der Waals surface area (Å²) >= 11 is 0. The molecule has 0 spiro atoms. The number of fused-ring (bicyclic) bond motifs is 2. The average Bonchev–Trinajstić information content (AvgIpc) is 4.06. The molecule has 2 aromatic carbocycles. The predicted octanol–water partition coefficient (Wildman–Crippen LogP) is 5.15. The van der Waals surface area contributed by atoms with Crippen LogP contribution in [0.25, 0.3) is 33.8 Å². The quantitative estimate of drug-likeness (QED) is 0.0868. The number of amides is 2. The van der Waals surface area contributed by atoms with Gasteiger partial charge in [0.1, 0.15) is 11.5 Å². The van der Waals surface area contributed by atoms with E-state index >= 15 is 0 Å². The molecular weight excluding hydrogens is 733 g/mol. The molecule has 0 aliphatic heterocycles. The van der Waals surface area contributed by atoms with Gasteiger partial charge in [0.2, 0.25) is 0 Å². The van der Waals surface area contributed by atoms with Crippen molar-refractivity contribution in [1.29, 1.82) is 0 Å². The number of carbonyl (C=O) groups excluding carboxylic acids is 2. The molecule has 2 aliphatic carbocycles. The van der Waals surface area contributed by atoms with E-state index in [1.54, 1.807) is 60.4 Å². The largest absolute Gasteiger partial charge is 0.507 e. The highest BCUT2D eigenvalue weighted by Gasteiger charge is 2.28. The van der Waals surface area contributed by atoms with Crippen molar-refractivity contribution in [1.82, 2.24) is 39.4 Å². The number of imidazole rings is 2. The van der Waals surface area contributed by atoms with Crippen LogP contribution in [0.15, 0.2) is 73.6 Å². The Kier molecular flexibility index (Phi) is 10.6. The van der Waals surface area contributed by atoms with E-state index in [9.17, 15) is 38.1 Å². The maximum absolute atomic E-state index is 12.4. The van der Waals surface area contributed by atoms with Crippen molar-refractivity contribution in [3.8, 4) is 34.0 Å². The second-order valence-electron chi connectivity index (χ2n) is 13.7. The third-order valence-electron chi connectivity index (χ3n) is 9.02. The lowest BCUT2D eigenvalue weighted by Gasteiger charge is -2.10. The Bertz CT molecular complexity index is 2390. The standard InChI is InChI=1S/C19H18F3N5O2.C19H21N5O3/c20-19(21,22)5-6-23-16-17-25-10-14(27(17)8-7-24-16)11-1-4-13(15(28)9-11)18(29)26-12-2-3-12;1-11(25)9-21-17-18-22-10-15(24(18)7-6-20-17)12-2-5-14(16(26)8-12)19(27)23-13-3-4-13/h1,4,7-10,12,28H,2-3,5-6H2,(H,23,24)(H,26,29);2,5-8,10-11,13,25-26H,3-4,9H2,1H3,(H,20,21)(H,23,27). The van der Waals surface area contributed by atoms with Crippen LogP contribution in [-0.2, 0) is 0 Å². The normalized spacial score (nSPS) is 14.5. The first-order valence-corrected chi connectivity index (χ1v) is 18.0. The number of aliphatic hydroxyl groups excluding tert-OH is 1. The average molecular weight is 773 g/mol. The van der Waals surface area contributed by atoms with Crippen molar-refractivity contribution < 1.29 is 38.1 Å². The van der Waals surface area contributed by atoms with Gasteiger partial charge in [0.25, 0.3) is 11.8 Å². The molecule has 2 saturated carbocycles. The van der Waals surface area contributed by atoms with Crippen LogP contribution in [0.5, 0.6) is 11.5 Å². The molecule has 7 N–H and O–H groups in total.